The summed E-state index contributed by atoms with van der Waals surface area (Å²) in [6, 6.07) is 20.6. The van der Waals surface area contributed by atoms with Gasteiger partial charge in [-0.25, -0.2) is 14.6 Å². The molecule has 6 atom stereocenters. The number of hydrogen-bond donors (Lipinski definition) is 4. The van der Waals surface area contributed by atoms with Gasteiger partial charge in [-0.15, -0.1) is 0 Å². The number of aromatic nitrogens is 2. The molecule has 0 spiro atoms. The number of amides is 5. The molecule has 0 radical (unpaired) electrons. The van der Waals surface area contributed by atoms with E-state index in [0.717, 1.165) is 59.4 Å². The van der Waals surface area contributed by atoms with Gasteiger partial charge in [-0.05, 0) is 115 Å². The largest absolute Gasteiger partial charge is 0.453 e. The highest BCUT2D eigenvalue weighted by atomic mass is 16.5. The van der Waals surface area contributed by atoms with E-state index in [1.165, 1.54) is 24.7 Å². The van der Waals surface area contributed by atoms with Crippen LogP contribution in [0, 0.1) is 5.92 Å². The van der Waals surface area contributed by atoms with Gasteiger partial charge in [0.05, 0.1) is 43.4 Å². The van der Waals surface area contributed by atoms with E-state index < -0.39 is 36.2 Å². The summed E-state index contributed by atoms with van der Waals surface area (Å²) in [5, 5.41) is 8.31. The van der Waals surface area contributed by atoms with Gasteiger partial charge in [0.1, 0.15) is 23.9 Å². The summed E-state index contributed by atoms with van der Waals surface area (Å²) in [4.78, 5) is 79.6. The molecule has 0 bridgehead atoms. The highest BCUT2D eigenvalue weighted by Crippen LogP contribution is 2.48. The lowest BCUT2D eigenvalue weighted by atomic mass is 9.87. The van der Waals surface area contributed by atoms with Crippen LogP contribution < -0.4 is 20.9 Å². The lowest BCUT2D eigenvalue weighted by Gasteiger charge is -2.34. The molecular formula is C50H64N8O7. The summed E-state index contributed by atoms with van der Waals surface area (Å²) in [5.74, 6) is -0.231. The zero-order valence-corrected chi connectivity index (χ0v) is 38.9. The summed E-state index contributed by atoms with van der Waals surface area (Å²) >= 11 is 0. The Morgan fingerprint density at radius 1 is 0.769 bits per heavy atom. The number of nitrogens with zero attached hydrogens (tertiary/aromatic N) is 4. The number of methoxy groups -OCH3 is 2. The smallest absolute Gasteiger partial charge is 0.407 e. The number of ether oxygens (including phenoxy) is 2. The first-order valence-corrected chi connectivity index (χ1v) is 22.7. The summed E-state index contributed by atoms with van der Waals surface area (Å²) < 4.78 is 9.53. The fourth-order valence-electron chi connectivity index (χ4n) is 9.62. The normalized spacial score (nSPS) is 20.7. The van der Waals surface area contributed by atoms with Crippen molar-refractivity contribution < 1.29 is 33.4 Å². The summed E-state index contributed by atoms with van der Waals surface area (Å²) in [7, 11) is 2.52. The molecule has 15 heteroatoms. The lowest BCUT2D eigenvalue weighted by molar-refractivity contribution is -0.137. The number of imidazole rings is 1. The SMILES string of the molecule is C=C(C)[C@H](NC(=O)OC)C(=O)N1CCC[C@H]1C(=O)Nc1ccc(C2CCC(c3ccc4nc([C@@H]5CCCN5C(=O)[C@@H](NC(=O)OC)C(C)C)[nH]c4c3)N2c2ccc(C(C)(C)C)cc2)cc1. The molecule has 346 valence electrons. The van der Waals surface area contributed by atoms with Gasteiger partial charge in [-0.2, -0.15) is 0 Å². The fraction of sp³-hybridized carbons (Fsp3) is 0.480. The first-order valence-electron chi connectivity index (χ1n) is 22.7. The molecule has 5 amide bonds. The Kier molecular flexibility index (Phi) is 13.9. The number of fused-ring (bicyclic) bond motifs is 1. The van der Waals surface area contributed by atoms with Crippen molar-refractivity contribution in [3.05, 3.63) is 101 Å². The second-order valence-electron chi connectivity index (χ2n) is 19.0. The number of hydrogen-bond acceptors (Lipinski definition) is 9. The predicted octanol–water partition coefficient (Wildman–Crippen LogP) is 8.22. The summed E-state index contributed by atoms with van der Waals surface area (Å²) in [5.41, 5.74) is 7.39. The van der Waals surface area contributed by atoms with Crippen LogP contribution in [-0.2, 0) is 29.3 Å². The zero-order valence-electron chi connectivity index (χ0n) is 38.9. The van der Waals surface area contributed by atoms with Gasteiger partial charge in [0, 0.05) is 24.5 Å². The Hall–Kier alpha value is -6.38. The quantitative estimate of drug-likeness (QED) is 0.102. The molecular weight excluding hydrogens is 825 g/mol. The lowest BCUT2D eigenvalue weighted by Crippen LogP contribution is -2.52. The number of H-pyrrole nitrogens is 1. The molecule has 3 saturated heterocycles. The monoisotopic (exact) mass is 888 g/mol. The van der Waals surface area contributed by atoms with Crippen LogP contribution in [0.1, 0.15) is 121 Å². The molecule has 4 aromatic rings. The number of alkyl carbamates (subject to hydrolysis) is 2. The van der Waals surface area contributed by atoms with E-state index in [1.54, 1.807) is 6.92 Å². The summed E-state index contributed by atoms with van der Waals surface area (Å²) in [6.45, 7) is 16.9. The van der Waals surface area contributed by atoms with Crippen LogP contribution in [0.15, 0.2) is 78.9 Å². The average molecular weight is 889 g/mol. The Morgan fingerprint density at radius 2 is 1.38 bits per heavy atom. The van der Waals surface area contributed by atoms with E-state index in [-0.39, 0.29) is 41.3 Å². The molecule has 1 aromatic heterocycles. The second-order valence-corrected chi connectivity index (χ2v) is 19.0. The summed E-state index contributed by atoms with van der Waals surface area (Å²) in [6.07, 6.45) is 3.16. The molecule has 0 saturated carbocycles. The first kappa shape index (κ1) is 46.6. The maximum Gasteiger partial charge on any atom is 0.407 e. The third kappa shape index (κ3) is 9.98. The zero-order chi connectivity index (χ0) is 46.7. The van der Waals surface area contributed by atoms with Crippen molar-refractivity contribution >= 4 is 52.3 Å². The van der Waals surface area contributed by atoms with Gasteiger partial charge in [0.15, 0.2) is 0 Å². The average Bonchev–Trinajstić information content (AvgIpc) is 4.12. The van der Waals surface area contributed by atoms with Crippen molar-refractivity contribution in [1.29, 1.82) is 0 Å². The van der Waals surface area contributed by atoms with Crippen LogP contribution >= 0.6 is 0 Å². The third-order valence-corrected chi connectivity index (χ3v) is 13.2. The number of rotatable bonds is 12. The number of likely N-dealkylation sites (tertiary alicyclic amines) is 2. The Labute approximate surface area is 381 Å². The molecule has 2 unspecified atom stereocenters. The number of anilines is 2. The molecule has 4 heterocycles. The number of carbonyl (C=O) groups is 5. The first-order chi connectivity index (χ1) is 31.0. The van der Waals surface area contributed by atoms with Crippen molar-refractivity contribution in [3.8, 4) is 0 Å². The van der Waals surface area contributed by atoms with E-state index in [4.69, 9.17) is 14.5 Å². The molecule has 3 fully saturated rings. The van der Waals surface area contributed by atoms with Crippen LogP contribution in [0.4, 0.5) is 21.0 Å². The molecule has 0 aliphatic carbocycles. The minimum absolute atomic E-state index is 0.00585. The molecule has 65 heavy (non-hydrogen) atoms. The number of aromatic amines is 1. The molecule has 7 rings (SSSR count). The van der Waals surface area contributed by atoms with Gasteiger partial charge in [-0.1, -0.05) is 71.5 Å². The van der Waals surface area contributed by atoms with Gasteiger partial charge in [0.2, 0.25) is 17.7 Å². The maximum atomic E-state index is 13.8. The van der Waals surface area contributed by atoms with Crippen LogP contribution in [-0.4, -0.2) is 95.1 Å². The standard InChI is InChI=1S/C50H64N8O7/c1-29(2)42(54-48(62)64-8)46(60)56-26-10-12-40(56)44-52-36-23-16-32(28-37(36)53-44)39-25-24-38(58(39)35-21-17-33(18-22-35)50(5,6)7)31-14-19-34(20-15-31)51-45(59)41-13-11-27-57(41)47(61)43(30(3)4)55-49(63)65-9/h14-23,28-29,38-43H,3,10-13,24-27H2,1-2,4-9H3,(H,51,59)(H,52,53)(H,54,62)(H,55,63)/t38?,39?,40-,41-,42-,43-/m0/s1. The highest BCUT2D eigenvalue weighted by Gasteiger charge is 2.40. The van der Waals surface area contributed by atoms with Crippen molar-refractivity contribution in [2.45, 2.75) is 122 Å². The van der Waals surface area contributed by atoms with E-state index in [2.05, 4.69) is 108 Å². The van der Waals surface area contributed by atoms with Gasteiger partial charge < -0.3 is 45.1 Å². The molecule has 3 aliphatic heterocycles. The van der Waals surface area contributed by atoms with Gasteiger partial charge in [0.25, 0.3) is 0 Å². The molecule has 3 aromatic carbocycles. The molecule has 4 N–H and O–H groups in total. The topological polar surface area (TPSA) is 178 Å². The number of nitrogens with one attached hydrogen (secondary N) is 4. The van der Waals surface area contributed by atoms with E-state index in [9.17, 15) is 24.0 Å². The Morgan fingerprint density at radius 3 is 2.02 bits per heavy atom. The van der Waals surface area contributed by atoms with Crippen molar-refractivity contribution in [2.75, 3.05) is 37.5 Å². The van der Waals surface area contributed by atoms with Crippen LogP contribution in [0.3, 0.4) is 0 Å². The third-order valence-electron chi connectivity index (χ3n) is 13.2. The van der Waals surface area contributed by atoms with Crippen molar-refractivity contribution in [2.24, 2.45) is 5.92 Å². The second kappa shape index (κ2) is 19.4. The minimum atomic E-state index is -1.00. The van der Waals surface area contributed by atoms with Crippen molar-refractivity contribution in [1.82, 2.24) is 30.4 Å². The maximum absolute atomic E-state index is 13.8. The Balaban J connectivity index is 1.12. The number of benzene rings is 3. The minimum Gasteiger partial charge on any atom is -0.453 e. The van der Waals surface area contributed by atoms with Gasteiger partial charge in [-0.3, -0.25) is 14.4 Å². The van der Waals surface area contributed by atoms with Crippen LogP contribution in [0.2, 0.25) is 0 Å². The van der Waals surface area contributed by atoms with Crippen LogP contribution in [0.5, 0.6) is 0 Å². The van der Waals surface area contributed by atoms with E-state index >= 15 is 0 Å². The Bertz CT molecular complexity index is 2410. The fourth-order valence-corrected chi connectivity index (χ4v) is 9.62. The van der Waals surface area contributed by atoms with Crippen LogP contribution in [0.25, 0.3) is 11.0 Å². The van der Waals surface area contributed by atoms with E-state index in [0.29, 0.717) is 37.2 Å². The highest BCUT2D eigenvalue weighted by molar-refractivity contribution is 5.99. The number of carbonyl (C=O) groups excluding carboxylic acids is 5. The predicted molar refractivity (Wildman–Crippen MR) is 250 cm³/mol. The molecule has 3 aliphatic rings. The molecule has 15 nitrogen and oxygen atoms in total. The van der Waals surface area contributed by atoms with Crippen molar-refractivity contribution in [3.63, 3.8) is 0 Å². The van der Waals surface area contributed by atoms with Gasteiger partial charge >= 0.3 is 12.2 Å². The van der Waals surface area contributed by atoms with E-state index in [1.807, 2.05) is 30.9 Å².